The number of thiophene rings is 1. The number of quaternary nitrogens is 1. The monoisotopic (exact) mass is 1020 g/mol. The number of aromatic nitrogens is 3. The molecule has 0 unspecified atom stereocenters. The van der Waals surface area contributed by atoms with Crippen LogP contribution in [0.25, 0.3) is 21.5 Å². The minimum absolute atomic E-state index is 0. The van der Waals surface area contributed by atoms with Gasteiger partial charge in [0.05, 0.1) is 67.9 Å². The molecule has 3 aromatic rings. The zero-order valence-electron chi connectivity index (χ0n) is 41.6. The van der Waals surface area contributed by atoms with Crippen LogP contribution in [0.3, 0.4) is 0 Å². The van der Waals surface area contributed by atoms with Crippen molar-refractivity contribution in [3.8, 4) is 17.1 Å². The largest absolute Gasteiger partial charge is 1.00 e. The second-order valence-electron chi connectivity index (χ2n) is 16.7. The first-order valence-electron chi connectivity index (χ1n) is 23.4. The summed E-state index contributed by atoms with van der Waals surface area (Å²) in [6, 6.07) is 4.17. The summed E-state index contributed by atoms with van der Waals surface area (Å²) in [5, 5.41) is 0. The average Bonchev–Trinajstić information content (AvgIpc) is 3.56. The molecule has 0 atom stereocenters. The third-order valence-electron chi connectivity index (χ3n) is 12.8. The van der Waals surface area contributed by atoms with Crippen molar-refractivity contribution in [1.29, 1.82) is 0 Å². The number of nitrogens with zero attached hydrogens (tertiary/aromatic N) is 8. The molecule has 0 aromatic carbocycles. The number of alkyl halides is 1. The van der Waals surface area contributed by atoms with Crippen molar-refractivity contribution < 1.29 is 87.5 Å². The number of ether oxygens (including phenoxy) is 2. The first-order chi connectivity index (χ1) is 30.7. The third-order valence-corrected chi connectivity index (χ3v) is 14.7. The number of aryl methyl sites for hydroxylation is 1. The summed E-state index contributed by atoms with van der Waals surface area (Å²) in [5.74, 6) is 0.296. The molecule has 0 radical (unpaired) electrons. The van der Waals surface area contributed by atoms with E-state index in [1.54, 1.807) is 28.5 Å². The number of sulfonamides is 1. The molecule has 1 aliphatic carbocycles. The van der Waals surface area contributed by atoms with Gasteiger partial charge >= 0.3 is 58.7 Å². The number of hydrogen-bond donors (Lipinski definition) is 2. The quantitative estimate of drug-likeness (QED) is 0.126. The van der Waals surface area contributed by atoms with Gasteiger partial charge in [0.1, 0.15) is 11.7 Å². The summed E-state index contributed by atoms with van der Waals surface area (Å²) in [6.45, 7) is 34.6. The van der Waals surface area contributed by atoms with Gasteiger partial charge in [-0.3, -0.25) is 28.1 Å². The maximum absolute atomic E-state index is 12.0. The van der Waals surface area contributed by atoms with E-state index < -0.39 is 23.1 Å². The number of likely N-dealkylation sites (tertiary alicyclic amines) is 2. The SMILES string of the molecule is CCN(CC)C1CCC1.CCN(CC)C1CN(Cc2c(C)sc3c(-c4cnc(OC)c(NS(C)(=O)=O)c4)nc(N4CCOCC4)nc23)C1.CCN(CC)C1C[NH+](CC)C1.FB(F)CCl.[F-].[K+]. The summed E-state index contributed by atoms with van der Waals surface area (Å²) >= 11 is 6.26. The number of nitrogens with one attached hydrogen (secondary N) is 2. The molecule has 0 amide bonds. The summed E-state index contributed by atoms with van der Waals surface area (Å²) in [4.78, 5) is 29.7. The van der Waals surface area contributed by atoms with Crippen LogP contribution in [0.5, 0.6) is 5.88 Å². The molecule has 7 rings (SSSR count). The van der Waals surface area contributed by atoms with Gasteiger partial charge in [-0.1, -0.05) is 48.0 Å². The Morgan fingerprint density at radius 3 is 1.94 bits per heavy atom. The second-order valence-corrected chi connectivity index (χ2v) is 20.0. The van der Waals surface area contributed by atoms with Crippen LogP contribution in [0.2, 0.25) is 0 Å². The predicted octanol–water partition coefficient (Wildman–Crippen LogP) is -0.500. The number of halogens is 4. The van der Waals surface area contributed by atoms with Gasteiger partial charge in [0, 0.05) is 67.0 Å². The number of anilines is 2. The number of fused-ring (bicyclic) bond motifs is 1. The van der Waals surface area contributed by atoms with Crippen LogP contribution in [-0.2, 0) is 21.3 Å². The predicted molar refractivity (Wildman–Crippen MR) is 263 cm³/mol. The van der Waals surface area contributed by atoms with E-state index in [1.807, 2.05) is 0 Å². The van der Waals surface area contributed by atoms with Gasteiger partial charge in [-0.25, -0.2) is 23.4 Å². The fourth-order valence-corrected chi connectivity index (χ4v) is 10.3. The number of methoxy groups -OCH3 is 1. The van der Waals surface area contributed by atoms with E-state index in [0.717, 1.165) is 67.0 Å². The Balaban J connectivity index is 0.000000450. The van der Waals surface area contributed by atoms with Crippen LogP contribution in [-0.4, -0.2) is 186 Å². The fraction of sp³-hybridized carbons (Fsp3) is 0.750. The number of likely N-dealkylation sites (N-methyl/N-ethyl adjacent to an activating group) is 3. The molecule has 6 heterocycles. The van der Waals surface area contributed by atoms with E-state index in [9.17, 15) is 17.0 Å². The van der Waals surface area contributed by atoms with Gasteiger partial charge in [-0.15, -0.1) is 22.9 Å². The number of pyridine rings is 1. The van der Waals surface area contributed by atoms with Crippen LogP contribution >= 0.6 is 22.9 Å². The molecule has 3 aromatic heterocycles. The number of hydrogen-bond acceptors (Lipinski definition) is 13. The normalized spacial score (nSPS) is 18.6. The van der Waals surface area contributed by atoms with Crippen LogP contribution < -0.4 is 75.3 Å². The van der Waals surface area contributed by atoms with E-state index in [1.165, 1.54) is 82.6 Å². The van der Waals surface area contributed by atoms with Gasteiger partial charge in [0.15, 0.2) is 0 Å². The zero-order valence-corrected chi connectivity index (χ0v) is 47.2. The van der Waals surface area contributed by atoms with E-state index in [4.69, 9.17) is 19.4 Å². The van der Waals surface area contributed by atoms with E-state index in [2.05, 4.69) is 101 Å². The summed E-state index contributed by atoms with van der Waals surface area (Å²) in [6.07, 6.45) is 7.13. The van der Waals surface area contributed by atoms with Crippen LogP contribution in [0.4, 0.5) is 20.3 Å². The molecule has 1 saturated carbocycles. The summed E-state index contributed by atoms with van der Waals surface area (Å²) < 4.78 is 59.7. The van der Waals surface area contributed by atoms with E-state index in [0.29, 0.717) is 43.9 Å². The Bertz CT molecular complexity index is 1950. The van der Waals surface area contributed by atoms with Gasteiger partial charge in [-0.2, -0.15) is 0 Å². The van der Waals surface area contributed by atoms with Crippen molar-refractivity contribution in [2.75, 3.05) is 127 Å². The molecule has 0 spiro atoms. The molecule has 2 N–H and O–H groups in total. The third kappa shape index (κ3) is 17.7. The smallest absolute Gasteiger partial charge is 1.00 e. The van der Waals surface area contributed by atoms with Crippen molar-refractivity contribution in [2.45, 2.75) is 99.3 Å². The van der Waals surface area contributed by atoms with Gasteiger partial charge < -0.3 is 28.9 Å². The summed E-state index contributed by atoms with van der Waals surface area (Å²) in [5.41, 5.74) is 3.87. The van der Waals surface area contributed by atoms with Gasteiger partial charge in [0.25, 0.3) is 0 Å². The Hall–Kier alpha value is -0.919. The molecule has 4 fully saturated rings. The van der Waals surface area contributed by atoms with Crippen LogP contribution in [0.15, 0.2) is 12.3 Å². The molecule has 4 aliphatic rings. The Kier molecular flexibility index (Phi) is 28.5. The molecule has 3 aliphatic heterocycles. The Labute approximate surface area is 446 Å². The molecule has 3 saturated heterocycles. The van der Waals surface area contributed by atoms with Crippen molar-refractivity contribution in [2.24, 2.45) is 0 Å². The Morgan fingerprint density at radius 1 is 0.939 bits per heavy atom. The van der Waals surface area contributed by atoms with Crippen molar-refractivity contribution in [3.05, 3.63) is 22.7 Å². The molecule has 370 valence electrons. The fourth-order valence-electron chi connectivity index (χ4n) is 8.68. The Morgan fingerprint density at radius 2 is 1.48 bits per heavy atom. The summed E-state index contributed by atoms with van der Waals surface area (Å²) in [7, 11) is -4.42. The van der Waals surface area contributed by atoms with E-state index >= 15 is 0 Å². The van der Waals surface area contributed by atoms with Gasteiger partial charge in [-0.05, 0) is 72.0 Å². The van der Waals surface area contributed by atoms with Crippen molar-refractivity contribution in [3.63, 3.8) is 0 Å². The molecule has 22 heteroatoms. The minimum atomic E-state index is -3.54. The minimum Gasteiger partial charge on any atom is -1.00 e. The maximum atomic E-state index is 12.0. The number of rotatable bonds is 18. The first-order valence-corrected chi connectivity index (χ1v) is 26.7. The zero-order chi connectivity index (χ0) is 47.0. The topological polar surface area (TPSA) is 124 Å². The molecule has 14 nitrogen and oxygen atoms in total. The average molecular weight is 1020 g/mol. The standard InChI is InChI=1S/C26H37N7O4S2.C9H20N2.C8H17N.CH2BClF2.FH.K/c1-6-32(7-2)19-14-31(15-19)16-20-17(3)38-24-22(28-26(29-23(20)24)33-8-10-37-11-9-33)18-12-21(30-39(5,34)35)25(36-4)27-13-18;1-4-10-7-9(8-10)11(5-2)6-3;1-3-9(4-2)8-6-5-7-8;3-1-2(4)5;;/h12-13,19,30H,6-11,14-16H2,1-5H3;9H,4-8H2,1-3H3;8H,3-7H2,1-2H3;1H2;1H;/q;;;;;+1. The second kappa shape index (κ2) is 30.7. The maximum Gasteiger partial charge on any atom is 1.00 e. The molecule has 0 bridgehead atoms. The van der Waals surface area contributed by atoms with Crippen LogP contribution in [0, 0.1) is 6.92 Å². The van der Waals surface area contributed by atoms with Crippen LogP contribution in [0.1, 0.15) is 78.2 Å². The van der Waals surface area contributed by atoms with Crippen molar-refractivity contribution in [1.82, 2.24) is 34.6 Å². The molecule has 66 heavy (non-hydrogen) atoms. The van der Waals surface area contributed by atoms with Crippen molar-refractivity contribution >= 4 is 62.1 Å². The van der Waals surface area contributed by atoms with E-state index in [-0.39, 0.29) is 67.7 Å². The molecular weight excluding hydrogens is 939 g/mol. The molecular formula is C44H77BClF3KN10O4S2+. The van der Waals surface area contributed by atoms with Gasteiger partial charge in [0.2, 0.25) is 21.9 Å². The first kappa shape index (κ1) is 61.2. The number of morpholine rings is 1.